The molecule has 28 heavy (non-hydrogen) atoms. The fourth-order valence-corrected chi connectivity index (χ4v) is 2.15. The van der Waals surface area contributed by atoms with Gasteiger partial charge in [-0.15, -0.1) is 24.0 Å². The van der Waals surface area contributed by atoms with E-state index in [1.54, 1.807) is 4.90 Å². The van der Waals surface area contributed by atoms with E-state index in [4.69, 9.17) is 4.74 Å². The number of halogens is 1. The lowest BCUT2D eigenvalue weighted by Gasteiger charge is -2.27. The predicted octanol–water partition coefficient (Wildman–Crippen LogP) is 2.72. The van der Waals surface area contributed by atoms with Crippen LogP contribution in [0.15, 0.2) is 4.99 Å². The molecule has 166 valence electrons. The lowest BCUT2D eigenvalue weighted by molar-refractivity contribution is -0.121. The molecule has 0 unspecified atom stereocenters. The van der Waals surface area contributed by atoms with Crippen molar-refractivity contribution in [2.24, 2.45) is 4.99 Å². The number of carbonyl (C=O) groups excluding carboxylic acids is 2. The largest absolute Gasteiger partial charge is 0.444 e. The van der Waals surface area contributed by atoms with Gasteiger partial charge in [0.25, 0.3) is 0 Å². The quantitative estimate of drug-likeness (QED) is 0.264. The molecule has 0 spiro atoms. The highest BCUT2D eigenvalue weighted by Crippen LogP contribution is 2.10. The van der Waals surface area contributed by atoms with Crippen molar-refractivity contribution in [2.75, 3.05) is 32.7 Å². The molecule has 0 fully saturated rings. The van der Waals surface area contributed by atoms with Gasteiger partial charge in [0.05, 0.1) is 0 Å². The second-order valence-electron chi connectivity index (χ2n) is 8.39. The topological polar surface area (TPSA) is 95.1 Å². The molecule has 0 radical (unpaired) electrons. The summed E-state index contributed by atoms with van der Waals surface area (Å²) in [6, 6.07) is 0. The van der Waals surface area contributed by atoms with Gasteiger partial charge in [-0.25, -0.2) is 9.79 Å². The summed E-state index contributed by atoms with van der Waals surface area (Å²) in [4.78, 5) is 30.2. The minimum atomic E-state index is -0.521. The Kier molecular flexibility index (Phi) is 14.3. The van der Waals surface area contributed by atoms with Gasteiger partial charge in [-0.3, -0.25) is 4.79 Å². The molecular weight excluding hydrogens is 473 g/mol. The third-order valence-electron chi connectivity index (χ3n) is 3.06. The number of carbonyl (C=O) groups is 2. The molecule has 0 saturated carbocycles. The number of guanidine groups is 1. The number of hydrogen-bond acceptors (Lipinski definition) is 4. The Bertz CT molecular complexity index is 499. The van der Waals surface area contributed by atoms with Crippen LogP contribution in [0.1, 0.15) is 61.8 Å². The number of aliphatic imine (C=N–C) groups is 1. The molecule has 0 atom stereocenters. The van der Waals surface area contributed by atoms with E-state index >= 15 is 0 Å². The van der Waals surface area contributed by atoms with Gasteiger partial charge in [0.1, 0.15) is 12.1 Å². The Hall–Kier alpha value is -1.26. The minimum absolute atomic E-state index is 0. The van der Waals surface area contributed by atoms with Gasteiger partial charge < -0.3 is 25.6 Å². The zero-order valence-electron chi connectivity index (χ0n) is 18.8. The highest BCUT2D eigenvalue weighted by molar-refractivity contribution is 14.0. The van der Waals surface area contributed by atoms with Crippen LogP contribution in [-0.4, -0.2) is 66.7 Å². The van der Waals surface area contributed by atoms with Crippen LogP contribution in [0.4, 0.5) is 4.79 Å². The number of ether oxygens (including phenoxy) is 1. The van der Waals surface area contributed by atoms with Crippen LogP contribution in [-0.2, 0) is 9.53 Å². The summed E-state index contributed by atoms with van der Waals surface area (Å²) in [5, 5.41) is 9.13. The number of amides is 2. The highest BCUT2D eigenvalue weighted by Gasteiger charge is 2.21. The number of rotatable bonds is 8. The van der Waals surface area contributed by atoms with Gasteiger partial charge in [-0.05, 0) is 54.9 Å². The molecule has 0 saturated heterocycles. The maximum absolute atomic E-state index is 12.3. The van der Waals surface area contributed by atoms with Gasteiger partial charge in [-0.2, -0.15) is 0 Å². The van der Waals surface area contributed by atoms with Crippen LogP contribution in [0.3, 0.4) is 0 Å². The zero-order chi connectivity index (χ0) is 21.1. The third kappa shape index (κ3) is 15.8. The number of nitrogens with zero attached hydrogens (tertiary/aromatic N) is 2. The highest BCUT2D eigenvalue weighted by atomic mass is 127. The first kappa shape index (κ1) is 28.9. The van der Waals surface area contributed by atoms with E-state index in [9.17, 15) is 9.59 Å². The van der Waals surface area contributed by atoms with E-state index in [2.05, 4.69) is 20.9 Å². The Morgan fingerprint density at radius 1 is 1.00 bits per heavy atom. The van der Waals surface area contributed by atoms with E-state index in [-0.39, 0.29) is 48.1 Å². The van der Waals surface area contributed by atoms with Gasteiger partial charge in [0.15, 0.2) is 5.96 Å². The van der Waals surface area contributed by atoms with Crippen molar-refractivity contribution in [3.05, 3.63) is 0 Å². The molecule has 2 amide bonds. The zero-order valence-corrected chi connectivity index (χ0v) is 21.1. The van der Waals surface area contributed by atoms with Crippen LogP contribution < -0.4 is 16.0 Å². The van der Waals surface area contributed by atoms with E-state index in [0.29, 0.717) is 32.1 Å². The molecule has 9 heteroatoms. The molecule has 0 rings (SSSR count). The second-order valence-corrected chi connectivity index (χ2v) is 8.39. The summed E-state index contributed by atoms with van der Waals surface area (Å²) < 4.78 is 5.44. The molecule has 0 aliphatic carbocycles. The first-order chi connectivity index (χ1) is 12.4. The average molecular weight is 513 g/mol. The number of nitrogens with one attached hydrogen (secondary N) is 3. The van der Waals surface area contributed by atoms with E-state index in [1.165, 1.54) is 0 Å². The molecule has 8 nitrogen and oxygen atoms in total. The first-order valence-corrected chi connectivity index (χ1v) is 9.69. The fourth-order valence-electron chi connectivity index (χ4n) is 2.15. The summed E-state index contributed by atoms with van der Waals surface area (Å²) in [7, 11) is 0. The van der Waals surface area contributed by atoms with Crippen molar-refractivity contribution in [1.82, 2.24) is 20.9 Å². The summed E-state index contributed by atoms with van der Waals surface area (Å²) in [5.41, 5.74) is -0.806. The Morgan fingerprint density at radius 3 is 2.07 bits per heavy atom. The van der Waals surface area contributed by atoms with Crippen LogP contribution >= 0.6 is 24.0 Å². The standard InChI is InChI=1S/C19H39N5O3.HI/c1-9-12-24(17(26)27-19(6,7)8)13-11-21-16(20-10-2)22-14-15(25)23-18(3,4)5;/h9-14H2,1-8H3,(H,23,25)(H2,20,21,22);1H. The molecular formula is C19H40IN5O3. The lowest BCUT2D eigenvalue weighted by atomic mass is 10.1. The van der Waals surface area contributed by atoms with Crippen LogP contribution in [0.25, 0.3) is 0 Å². The maximum Gasteiger partial charge on any atom is 0.410 e. The maximum atomic E-state index is 12.3. The van der Waals surface area contributed by atoms with Gasteiger partial charge in [0, 0.05) is 31.7 Å². The van der Waals surface area contributed by atoms with Crippen molar-refractivity contribution in [3.63, 3.8) is 0 Å². The monoisotopic (exact) mass is 513 g/mol. The molecule has 0 aliphatic heterocycles. The third-order valence-corrected chi connectivity index (χ3v) is 3.06. The van der Waals surface area contributed by atoms with Gasteiger partial charge >= 0.3 is 6.09 Å². The van der Waals surface area contributed by atoms with E-state index < -0.39 is 5.60 Å². The molecule has 0 aromatic rings. The predicted molar refractivity (Wildman–Crippen MR) is 125 cm³/mol. The van der Waals surface area contributed by atoms with Crippen molar-refractivity contribution in [2.45, 2.75) is 73.0 Å². The molecule has 0 aliphatic rings. The molecule has 3 N–H and O–H groups in total. The normalized spacial score (nSPS) is 11.9. The van der Waals surface area contributed by atoms with Crippen molar-refractivity contribution >= 4 is 41.9 Å². The minimum Gasteiger partial charge on any atom is -0.444 e. The van der Waals surface area contributed by atoms with Crippen LogP contribution in [0.5, 0.6) is 0 Å². The van der Waals surface area contributed by atoms with E-state index in [0.717, 1.165) is 6.42 Å². The van der Waals surface area contributed by atoms with Gasteiger partial charge in [-0.1, -0.05) is 6.92 Å². The van der Waals surface area contributed by atoms with Crippen molar-refractivity contribution in [1.29, 1.82) is 0 Å². The lowest BCUT2D eigenvalue weighted by Crippen LogP contribution is -2.45. The first-order valence-electron chi connectivity index (χ1n) is 9.69. The summed E-state index contributed by atoms with van der Waals surface area (Å²) in [6.07, 6.45) is 0.526. The van der Waals surface area contributed by atoms with Crippen LogP contribution in [0.2, 0.25) is 0 Å². The summed E-state index contributed by atoms with van der Waals surface area (Å²) in [5.74, 6) is 0.406. The summed E-state index contributed by atoms with van der Waals surface area (Å²) >= 11 is 0. The van der Waals surface area contributed by atoms with Crippen LogP contribution in [0, 0.1) is 0 Å². The second kappa shape index (κ2) is 13.8. The molecule has 0 aromatic carbocycles. The smallest absolute Gasteiger partial charge is 0.410 e. The Labute approximate surface area is 187 Å². The van der Waals surface area contributed by atoms with Crippen molar-refractivity contribution in [3.8, 4) is 0 Å². The molecule has 0 bridgehead atoms. The Balaban J connectivity index is 0. The Morgan fingerprint density at radius 2 is 1.61 bits per heavy atom. The summed E-state index contributed by atoms with van der Waals surface area (Å²) in [6.45, 7) is 17.6. The molecule has 0 aromatic heterocycles. The number of hydrogen-bond donors (Lipinski definition) is 3. The average Bonchev–Trinajstić information content (AvgIpc) is 2.48. The van der Waals surface area contributed by atoms with E-state index in [1.807, 2.05) is 55.4 Å². The van der Waals surface area contributed by atoms with Gasteiger partial charge in [0.2, 0.25) is 5.91 Å². The fraction of sp³-hybridized carbons (Fsp3) is 0.842. The SMILES string of the molecule is CCCN(CCNC(=NCC(=O)NC(C)(C)C)NCC)C(=O)OC(C)(C)C.I. The van der Waals surface area contributed by atoms with Crippen molar-refractivity contribution < 1.29 is 14.3 Å². The molecule has 0 heterocycles.